The molecule has 90 valence electrons. The van der Waals surface area contributed by atoms with Gasteiger partial charge in [-0.15, -0.1) is 6.58 Å². The molecule has 0 aliphatic rings. The van der Waals surface area contributed by atoms with Gasteiger partial charge in [-0.3, -0.25) is 9.59 Å². The van der Waals surface area contributed by atoms with Crippen molar-refractivity contribution in [1.82, 2.24) is 5.32 Å². The summed E-state index contributed by atoms with van der Waals surface area (Å²) in [5, 5.41) is 2.32. The van der Waals surface area contributed by atoms with Gasteiger partial charge in [-0.05, 0) is 18.2 Å². The quantitative estimate of drug-likeness (QED) is 0.477. The second-order valence-electron chi connectivity index (χ2n) is 3.18. The first-order valence-electron chi connectivity index (χ1n) is 4.87. The molecule has 0 atom stereocenters. The fourth-order valence-electron chi connectivity index (χ4n) is 1.18. The van der Waals surface area contributed by atoms with Crippen LogP contribution in [-0.2, 0) is 4.79 Å². The number of carbonyl (C=O) groups is 2. The number of ketones is 1. The first-order valence-corrected chi connectivity index (χ1v) is 4.87. The van der Waals surface area contributed by atoms with E-state index in [2.05, 4.69) is 11.9 Å². The predicted octanol–water partition coefficient (Wildman–Crippen LogP) is 1.32. The summed E-state index contributed by atoms with van der Waals surface area (Å²) in [7, 11) is 1.32. The van der Waals surface area contributed by atoms with E-state index in [1.165, 1.54) is 25.3 Å². The number of hydrogen-bond donors (Lipinski definition) is 1. The summed E-state index contributed by atoms with van der Waals surface area (Å²) >= 11 is 0. The molecule has 0 aliphatic heterocycles. The third-order valence-corrected chi connectivity index (χ3v) is 2.03. The molecule has 4 nitrogen and oxygen atoms in total. The Morgan fingerprint density at radius 3 is 2.76 bits per heavy atom. The van der Waals surface area contributed by atoms with Crippen molar-refractivity contribution in [2.75, 3.05) is 13.7 Å². The first kappa shape index (κ1) is 12.9. The Kier molecular flexibility index (Phi) is 4.39. The van der Waals surface area contributed by atoms with E-state index < -0.39 is 17.5 Å². The molecule has 1 rings (SSSR count). The van der Waals surface area contributed by atoms with Crippen LogP contribution in [0.5, 0.6) is 5.75 Å². The van der Waals surface area contributed by atoms with Crippen LogP contribution in [0.25, 0.3) is 0 Å². The van der Waals surface area contributed by atoms with Crippen LogP contribution in [0.3, 0.4) is 0 Å². The number of benzene rings is 1. The van der Waals surface area contributed by atoms with Crippen molar-refractivity contribution in [3.63, 3.8) is 0 Å². The standard InChI is InChI=1S/C12H12FNO3/c1-3-6-14-12(16)11(15)8-4-5-10(17-2)9(13)7-8/h3-5,7H,1,6H2,2H3,(H,14,16). The fraction of sp³-hybridized carbons (Fsp3) is 0.167. The number of rotatable bonds is 5. The third kappa shape index (κ3) is 3.14. The molecule has 1 N–H and O–H groups in total. The summed E-state index contributed by atoms with van der Waals surface area (Å²) in [6, 6.07) is 3.59. The van der Waals surface area contributed by atoms with Gasteiger partial charge in [-0.2, -0.15) is 0 Å². The van der Waals surface area contributed by atoms with Crippen LogP contribution >= 0.6 is 0 Å². The van der Waals surface area contributed by atoms with Gasteiger partial charge in [-0.25, -0.2) is 4.39 Å². The topological polar surface area (TPSA) is 55.4 Å². The van der Waals surface area contributed by atoms with Crippen molar-refractivity contribution in [2.24, 2.45) is 0 Å². The van der Waals surface area contributed by atoms with Gasteiger partial charge in [0.2, 0.25) is 5.78 Å². The molecular weight excluding hydrogens is 225 g/mol. The monoisotopic (exact) mass is 237 g/mol. The molecule has 1 aromatic rings. The highest BCUT2D eigenvalue weighted by atomic mass is 19.1. The van der Waals surface area contributed by atoms with Crippen LogP contribution in [0.4, 0.5) is 4.39 Å². The Labute approximate surface area is 98.1 Å². The molecule has 0 heterocycles. The second-order valence-corrected chi connectivity index (χ2v) is 3.18. The van der Waals surface area contributed by atoms with E-state index in [4.69, 9.17) is 4.74 Å². The SMILES string of the molecule is C=CCNC(=O)C(=O)c1ccc(OC)c(F)c1. The molecular formula is C12H12FNO3. The Morgan fingerprint density at radius 2 is 2.24 bits per heavy atom. The van der Waals surface area contributed by atoms with Crippen molar-refractivity contribution in [2.45, 2.75) is 0 Å². The van der Waals surface area contributed by atoms with Crippen molar-refractivity contribution in [1.29, 1.82) is 0 Å². The highest BCUT2D eigenvalue weighted by Gasteiger charge is 2.17. The molecule has 0 saturated heterocycles. The fourth-order valence-corrected chi connectivity index (χ4v) is 1.18. The lowest BCUT2D eigenvalue weighted by atomic mass is 10.1. The third-order valence-electron chi connectivity index (χ3n) is 2.03. The Hall–Kier alpha value is -2.17. The summed E-state index contributed by atoms with van der Waals surface area (Å²) < 4.78 is 18.0. The average Bonchev–Trinajstić information content (AvgIpc) is 2.34. The Balaban J connectivity index is 2.86. The predicted molar refractivity (Wildman–Crippen MR) is 60.5 cm³/mol. The van der Waals surface area contributed by atoms with Gasteiger partial charge in [-0.1, -0.05) is 6.08 Å². The van der Waals surface area contributed by atoms with E-state index >= 15 is 0 Å². The van der Waals surface area contributed by atoms with E-state index in [0.29, 0.717) is 0 Å². The maximum atomic E-state index is 13.3. The van der Waals surface area contributed by atoms with Crippen molar-refractivity contribution < 1.29 is 18.7 Å². The largest absolute Gasteiger partial charge is 0.494 e. The molecule has 0 aliphatic carbocycles. The minimum Gasteiger partial charge on any atom is -0.494 e. The Morgan fingerprint density at radius 1 is 1.53 bits per heavy atom. The zero-order valence-electron chi connectivity index (χ0n) is 9.33. The van der Waals surface area contributed by atoms with Crippen LogP contribution < -0.4 is 10.1 Å². The maximum absolute atomic E-state index is 13.3. The van der Waals surface area contributed by atoms with E-state index in [1.807, 2.05) is 0 Å². The summed E-state index contributed by atoms with van der Waals surface area (Å²) in [4.78, 5) is 22.9. The maximum Gasteiger partial charge on any atom is 0.292 e. The van der Waals surface area contributed by atoms with Crippen LogP contribution in [0.1, 0.15) is 10.4 Å². The molecule has 17 heavy (non-hydrogen) atoms. The highest BCUT2D eigenvalue weighted by Crippen LogP contribution is 2.17. The number of amides is 1. The minimum absolute atomic E-state index is 0.0213. The number of Topliss-reactive ketones (excluding diaryl/α,β-unsaturated/α-hetero) is 1. The summed E-state index contributed by atoms with van der Waals surface area (Å²) in [5.74, 6) is -2.26. The Bertz CT molecular complexity index is 457. The zero-order chi connectivity index (χ0) is 12.8. The molecule has 0 unspecified atom stereocenters. The van der Waals surface area contributed by atoms with Crippen LogP contribution in [-0.4, -0.2) is 25.3 Å². The number of methoxy groups -OCH3 is 1. The van der Waals surface area contributed by atoms with Gasteiger partial charge in [0, 0.05) is 12.1 Å². The van der Waals surface area contributed by atoms with Crippen LogP contribution in [0.2, 0.25) is 0 Å². The number of carbonyl (C=O) groups excluding carboxylic acids is 2. The van der Waals surface area contributed by atoms with Gasteiger partial charge >= 0.3 is 0 Å². The molecule has 0 bridgehead atoms. The average molecular weight is 237 g/mol. The van der Waals surface area contributed by atoms with Crippen molar-refractivity contribution >= 4 is 11.7 Å². The van der Waals surface area contributed by atoms with Crippen molar-refractivity contribution in [3.05, 3.63) is 42.2 Å². The van der Waals surface area contributed by atoms with Crippen LogP contribution in [0, 0.1) is 5.82 Å². The summed E-state index contributed by atoms with van der Waals surface area (Å²) in [6.45, 7) is 3.58. The van der Waals surface area contributed by atoms with E-state index in [1.54, 1.807) is 0 Å². The van der Waals surface area contributed by atoms with Crippen molar-refractivity contribution in [3.8, 4) is 5.75 Å². The lowest BCUT2D eigenvalue weighted by molar-refractivity contribution is -0.116. The molecule has 5 heteroatoms. The molecule has 1 amide bonds. The van der Waals surface area contributed by atoms with Gasteiger partial charge < -0.3 is 10.1 Å². The molecule has 0 spiro atoms. The number of nitrogens with one attached hydrogen (secondary N) is 1. The zero-order valence-corrected chi connectivity index (χ0v) is 9.33. The smallest absolute Gasteiger partial charge is 0.292 e. The molecule has 0 aromatic heterocycles. The molecule has 0 saturated carbocycles. The summed E-state index contributed by atoms with van der Waals surface area (Å²) in [6.07, 6.45) is 1.44. The van der Waals surface area contributed by atoms with Crippen LogP contribution in [0.15, 0.2) is 30.9 Å². The number of hydrogen-bond acceptors (Lipinski definition) is 3. The molecule has 0 fully saturated rings. The van der Waals surface area contributed by atoms with E-state index in [0.717, 1.165) is 6.07 Å². The van der Waals surface area contributed by atoms with E-state index in [9.17, 15) is 14.0 Å². The minimum atomic E-state index is -0.798. The molecule has 0 radical (unpaired) electrons. The van der Waals surface area contributed by atoms with Gasteiger partial charge in [0.1, 0.15) is 0 Å². The normalized spacial score (nSPS) is 9.53. The second kappa shape index (κ2) is 5.79. The highest BCUT2D eigenvalue weighted by molar-refractivity contribution is 6.42. The number of halogens is 1. The van der Waals surface area contributed by atoms with E-state index in [-0.39, 0.29) is 17.9 Å². The first-order chi connectivity index (χ1) is 8.10. The lowest BCUT2D eigenvalue weighted by Crippen LogP contribution is -2.31. The number of ether oxygens (including phenoxy) is 1. The molecule has 1 aromatic carbocycles. The van der Waals surface area contributed by atoms with Gasteiger partial charge in [0.25, 0.3) is 5.91 Å². The van der Waals surface area contributed by atoms with Gasteiger partial charge in [0.15, 0.2) is 11.6 Å². The van der Waals surface area contributed by atoms with Gasteiger partial charge in [0.05, 0.1) is 7.11 Å². The lowest BCUT2D eigenvalue weighted by Gasteiger charge is -2.04. The summed E-state index contributed by atoms with van der Waals surface area (Å²) in [5.41, 5.74) is -0.0233.